The summed E-state index contributed by atoms with van der Waals surface area (Å²) in [6.45, 7) is 0.626. The molecule has 0 atom stereocenters. The fourth-order valence-electron chi connectivity index (χ4n) is 1.17. The molecule has 1 rings (SSSR count). The van der Waals surface area contributed by atoms with E-state index in [9.17, 15) is 9.50 Å². The molecule has 0 amide bonds. The smallest absolute Gasteiger partial charge is 0.138 e. The van der Waals surface area contributed by atoms with Crippen LogP contribution in [0.5, 0.6) is 5.75 Å². The second-order valence-corrected chi connectivity index (χ2v) is 3.96. The summed E-state index contributed by atoms with van der Waals surface area (Å²) in [7, 11) is 0. The summed E-state index contributed by atoms with van der Waals surface area (Å²) in [4.78, 5) is 0. The fraction of sp³-hybridized carbons (Fsp3) is 0.400. The van der Waals surface area contributed by atoms with Gasteiger partial charge in [-0.2, -0.15) is 0 Å². The molecule has 0 fully saturated rings. The van der Waals surface area contributed by atoms with Crippen LogP contribution in [0.1, 0.15) is 12.0 Å². The molecule has 0 radical (unpaired) electrons. The first-order chi connectivity index (χ1) is 7.15. The first kappa shape index (κ1) is 12.6. The molecule has 0 saturated heterocycles. The first-order valence-corrected chi connectivity index (χ1v) is 5.34. The number of hydrogen-bond donors (Lipinski definition) is 2. The van der Waals surface area contributed by atoms with Gasteiger partial charge in [0.1, 0.15) is 5.75 Å². The van der Waals surface area contributed by atoms with Crippen LogP contribution in [0.25, 0.3) is 0 Å². The predicted molar refractivity (Wildman–Crippen MR) is 60.4 cm³/mol. The van der Waals surface area contributed by atoms with Gasteiger partial charge in [0.2, 0.25) is 0 Å². The molecular weight excluding hydrogens is 240 g/mol. The van der Waals surface area contributed by atoms with E-state index in [4.69, 9.17) is 23.2 Å². The number of alkyl halides is 1. The van der Waals surface area contributed by atoms with Gasteiger partial charge in [-0.05, 0) is 25.1 Å². The molecule has 0 aliphatic heterocycles. The van der Waals surface area contributed by atoms with Crippen molar-refractivity contribution in [2.75, 3.05) is 13.2 Å². The molecule has 0 aromatic heterocycles. The van der Waals surface area contributed by atoms with E-state index in [-0.39, 0.29) is 17.4 Å². The normalized spacial score (nSPS) is 10.6. The van der Waals surface area contributed by atoms with Crippen molar-refractivity contribution >= 4 is 23.2 Å². The Hall–Kier alpha value is -0.510. The molecule has 1 aromatic rings. The van der Waals surface area contributed by atoms with Crippen LogP contribution in [0, 0.1) is 0 Å². The van der Waals surface area contributed by atoms with Crippen LogP contribution in [-0.4, -0.2) is 18.3 Å². The van der Waals surface area contributed by atoms with Gasteiger partial charge in [-0.15, -0.1) is 0 Å². The first-order valence-electron chi connectivity index (χ1n) is 4.58. The maximum atomic E-state index is 11.8. The highest BCUT2D eigenvalue weighted by molar-refractivity contribution is 6.35. The lowest BCUT2D eigenvalue weighted by Gasteiger charge is -2.08. The minimum absolute atomic E-state index is 0.0221. The quantitative estimate of drug-likeness (QED) is 0.789. The van der Waals surface area contributed by atoms with Crippen LogP contribution in [-0.2, 0) is 6.54 Å². The van der Waals surface area contributed by atoms with Crippen LogP contribution >= 0.6 is 23.2 Å². The third-order valence-corrected chi connectivity index (χ3v) is 2.42. The molecule has 2 N–H and O–H groups in total. The molecular formula is C10H12Cl2FNO. The maximum absolute atomic E-state index is 11.8. The average Bonchev–Trinajstić information content (AvgIpc) is 2.19. The highest BCUT2D eigenvalue weighted by Crippen LogP contribution is 2.30. The van der Waals surface area contributed by atoms with Crippen LogP contribution in [0.2, 0.25) is 10.0 Å². The second kappa shape index (κ2) is 6.16. The van der Waals surface area contributed by atoms with Gasteiger partial charge in [-0.1, -0.05) is 23.2 Å². The lowest BCUT2D eigenvalue weighted by molar-refractivity contribution is 0.450. The van der Waals surface area contributed by atoms with Gasteiger partial charge in [-0.25, -0.2) is 0 Å². The lowest BCUT2D eigenvalue weighted by atomic mass is 10.2. The van der Waals surface area contributed by atoms with Crippen LogP contribution in [0.15, 0.2) is 12.1 Å². The van der Waals surface area contributed by atoms with Crippen molar-refractivity contribution in [1.29, 1.82) is 0 Å². The van der Waals surface area contributed by atoms with E-state index in [2.05, 4.69) is 5.32 Å². The molecule has 0 aliphatic carbocycles. The average molecular weight is 252 g/mol. The molecule has 0 heterocycles. The Balaban J connectivity index is 2.60. The van der Waals surface area contributed by atoms with Crippen molar-refractivity contribution in [2.45, 2.75) is 13.0 Å². The molecule has 5 heteroatoms. The molecule has 2 nitrogen and oxygen atoms in total. The van der Waals surface area contributed by atoms with Crippen LogP contribution < -0.4 is 5.32 Å². The predicted octanol–water partition coefficient (Wildman–Crippen LogP) is 3.15. The Kier molecular flexibility index (Phi) is 5.15. The van der Waals surface area contributed by atoms with Gasteiger partial charge in [0.15, 0.2) is 0 Å². The molecule has 15 heavy (non-hydrogen) atoms. The summed E-state index contributed by atoms with van der Waals surface area (Å²) < 4.78 is 11.8. The second-order valence-electron chi connectivity index (χ2n) is 3.11. The van der Waals surface area contributed by atoms with Crippen LogP contribution in [0.3, 0.4) is 0 Å². The minimum Gasteiger partial charge on any atom is -0.506 e. The number of rotatable bonds is 5. The van der Waals surface area contributed by atoms with Crippen LogP contribution in [0.4, 0.5) is 4.39 Å². The molecule has 0 spiro atoms. The van der Waals surface area contributed by atoms with Gasteiger partial charge in [-0.3, -0.25) is 4.39 Å². The summed E-state index contributed by atoms with van der Waals surface area (Å²) in [6, 6.07) is 3.11. The largest absolute Gasteiger partial charge is 0.506 e. The number of phenols is 1. The molecule has 84 valence electrons. The third kappa shape index (κ3) is 3.86. The zero-order chi connectivity index (χ0) is 11.3. The standard InChI is InChI=1S/C10H12Cl2FNO/c11-8-4-7(6-14-3-1-2-13)10(15)9(12)5-8/h4-5,14-15H,1-3,6H2. The van der Waals surface area contributed by atoms with E-state index in [0.29, 0.717) is 30.1 Å². The van der Waals surface area contributed by atoms with E-state index < -0.39 is 0 Å². The van der Waals surface area contributed by atoms with Crippen molar-refractivity contribution in [3.63, 3.8) is 0 Å². The van der Waals surface area contributed by atoms with Crippen molar-refractivity contribution < 1.29 is 9.50 Å². The van der Waals surface area contributed by atoms with Gasteiger partial charge in [0.05, 0.1) is 11.7 Å². The number of aromatic hydroxyl groups is 1. The summed E-state index contributed by atoms with van der Waals surface area (Å²) in [5, 5.41) is 13.3. The van der Waals surface area contributed by atoms with Crippen molar-refractivity contribution in [1.82, 2.24) is 5.32 Å². The number of halogens is 3. The van der Waals surface area contributed by atoms with E-state index in [1.54, 1.807) is 6.07 Å². The van der Waals surface area contributed by atoms with Gasteiger partial charge < -0.3 is 10.4 Å². The van der Waals surface area contributed by atoms with Gasteiger partial charge in [0, 0.05) is 17.1 Å². The van der Waals surface area contributed by atoms with Gasteiger partial charge in [0.25, 0.3) is 0 Å². The summed E-state index contributed by atoms with van der Waals surface area (Å²) in [5.41, 5.74) is 0.617. The number of phenolic OH excluding ortho intramolecular Hbond substituents is 1. The highest BCUT2D eigenvalue weighted by Gasteiger charge is 2.07. The molecule has 1 aromatic carbocycles. The lowest BCUT2D eigenvalue weighted by Crippen LogP contribution is -2.15. The number of hydrogen-bond acceptors (Lipinski definition) is 2. The summed E-state index contributed by atoms with van der Waals surface area (Å²) >= 11 is 11.5. The zero-order valence-corrected chi connectivity index (χ0v) is 9.58. The Bertz CT molecular complexity index is 333. The van der Waals surface area contributed by atoms with Crippen molar-refractivity contribution in [3.05, 3.63) is 27.7 Å². The third-order valence-electron chi connectivity index (χ3n) is 1.91. The van der Waals surface area contributed by atoms with E-state index >= 15 is 0 Å². The molecule has 0 saturated carbocycles. The zero-order valence-electron chi connectivity index (χ0n) is 8.06. The SMILES string of the molecule is Oc1c(Cl)cc(Cl)cc1CNCCCF. The Morgan fingerprint density at radius 2 is 2.07 bits per heavy atom. The highest BCUT2D eigenvalue weighted by atomic mass is 35.5. The van der Waals surface area contributed by atoms with E-state index in [1.807, 2.05) is 0 Å². The summed E-state index contributed by atoms with van der Waals surface area (Å²) in [6.07, 6.45) is 0.453. The Morgan fingerprint density at radius 3 is 2.73 bits per heavy atom. The van der Waals surface area contributed by atoms with Crippen molar-refractivity contribution in [3.8, 4) is 5.75 Å². The van der Waals surface area contributed by atoms with E-state index in [0.717, 1.165) is 0 Å². The van der Waals surface area contributed by atoms with Gasteiger partial charge >= 0.3 is 0 Å². The fourth-order valence-corrected chi connectivity index (χ4v) is 1.70. The topological polar surface area (TPSA) is 32.3 Å². The Morgan fingerprint density at radius 1 is 1.33 bits per heavy atom. The van der Waals surface area contributed by atoms with E-state index in [1.165, 1.54) is 6.07 Å². The molecule has 0 unspecified atom stereocenters. The number of benzene rings is 1. The monoisotopic (exact) mass is 251 g/mol. The molecule has 0 bridgehead atoms. The summed E-state index contributed by atoms with van der Waals surface area (Å²) in [5.74, 6) is 0.0221. The van der Waals surface area contributed by atoms with Crippen molar-refractivity contribution in [2.24, 2.45) is 0 Å². The molecule has 0 aliphatic rings. The number of nitrogens with one attached hydrogen (secondary N) is 1. The Labute approximate surface area is 98.0 Å². The minimum atomic E-state index is -0.352. The maximum Gasteiger partial charge on any atom is 0.138 e.